The van der Waals surface area contributed by atoms with E-state index in [1.165, 1.54) is 25.1 Å². The highest BCUT2D eigenvalue weighted by Gasteiger charge is 2.19. The molecule has 0 bridgehead atoms. The second-order valence-electron chi connectivity index (χ2n) is 5.53. The van der Waals surface area contributed by atoms with E-state index in [4.69, 9.17) is 10.5 Å². The summed E-state index contributed by atoms with van der Waals surface area (Å²) in [5.41, 5.74) is 5.50. The zero-order valence-electron chi connectivity index (χ0n) is 14.8. The Balaban J connectivity index is 1.98. The van der Waals surface area contributed by atoms with Crippen LogP contribution in [0.2, 0.25) is 0 Å². The van der Waals surface area contributed by atoms with Crippen LogP contribution >= 0.6 is 0 Å². The number of rotatable bonds is 7. The lowest BCUT2D eigenvalue weighted by Crippen LogP contribution is -2.25. The van der Waals surface area contributed by atoms with Crippen molar-refractivity contribution in [2.45, 2.75) is 11.8 Å². The first kappa shape index (κ1) is 20.9. The lowest BCUT2D eigenvalue weighted by Gasteiger charge is -2.07. The molecule has 2 aromatic carbocycles. The van der Waals surface area contributed by atoms with E-state index in [2.05, 4.69) is 16.6 Å². The van der Waals surface area contributed by atoms with Gasteiger partial charge in [-0.25, -0.2) is 8.42 Å². The molecule has 0 aliphatic heterocycles. The number of non-ortho nitro benzene ring substituents is 1. The van der Waals surface area contributed by atoms with Crippen molar-refractivity contribution >= 4 is 21.6 Å². The first-order chi connectivity index (χ1) is 13.2. The number of hydrogen-bond acceptors (Lipinski definition) is 6. The van der Waals surface area contributed by atoms with Gasteiger partial charge in [-0.3, -0.25) is 14.9 Å². The molecule has 0 atom stereocenters. The number of nitro benzene ring substituents is 1. The van der Waals surface area contributed by atoms with Crippen molar-refractivity contribution in [2.75, 3.05) is 13.2 Å². The maximum atomic E-state index is 12.3. The summed E-state index contributed by atoms with van der Waals surface area (Å²) >= 11 is 0. The van der Waals surface area contributed by atoms with E-state index in [9.17, 15) is 23.3 Å². The van der Waals surface area contributed by atoms with Crippen molar-refractivity contribution in [3.63, 3.8) is 0 Å². The molecule has 0 saturated carbocycles. The molecule has 2 rings (SSSR count). The molecule has 146 valence electrons. The molecule has 10 heteroatoms. The van der Waals surface area contributed by atoms with Crippen LogP contribution in [0.4, 0.5) is 5.69 Å². The summed E-state index contributed by atoms with van der Waals surface area (Å²) in [7, 11) is -3.96. The summed E-state index contributed by atoms with van der Waals surface area (Å²) in [6.07, 6.45) is 0. The van der Waals surface area contributed by atoms with Gasteiger partial charge in [0.15, 0.2) is 0 Å². The Morgan fingerprint density at radius 2 is 1.96 bits per heavy atom. The van der Waals surface area contributed by atoms with Crippen molar-refractivity contribution in [2.24, 2.45) is 5.73 Å². The number of aryl methyl sites for hydroxylation is 1. The molecule has 0 saturated heterocycles. The van der Waals surface area contributed by atoms with Crippen LogP contribution in [0, 0.1) is 28.9 Å². The van der Waals surface area contributed by atoms with Crippen LogP contribution in [0.5, 0.6) is 5.75 Å². The summed E-state index contributed by atoms with van der Waals surface area (Å²) in [5.74, 6) is 4.82. The van der Waals surface area contributed by atoms with Crippen LogP contribution in [-0.2, 0) is 10.0 Å². The topological polar surface area (TPSA) is 142 Å². The fourth-order valence-corrected chi connectivity index (χ4v) is 3.41. The number of carbonyl (C=O) groups excluding carboxylic acids is 1. The fraction of sp³-hybridized carbons (Fsp3) is 0.167. The summed E-state index contributed by atoms with van der Waals surface area (Å²) in [5, 5.41) is 10.8. The Morgan fingerprint density at radius 1 is 1.25 bits per heavy atom. The molecule has 0 aromatic heterocycles. The maximum absolute atomic E-state index is 12.3. The average Bonchev–Trinajstić information content (AvgIpc) is 2.64. The van der Waals surface area contributed by atoms with E-state index in [1.54, 1.807) is 18.2 Å². The summed E-state index contributed by atoms with van der Waals surface area (Å²) in [6.45, 7) is 1.24. The molecule has 0 unspecified atom stereocenters. The minimum Gasteiger partial charge on any atom is -0.480 e. The zero-order chi connectivity index (χ0) is 20.7. The number of amides is 1. The first-order valence-electron chi connectivity index (χ1n) is 7.94. The third kappa shape index (κ3) is 5.29. The number of ether oxygens (including phenoxy) is 1. The highest BCUT2D eigenvalue weighted by Crippen LogP contribution is 2.21. The van der Waals surface area contributed by atoms with Gasteiger partial charge >= 0.3 is 0 Å². The number of nitrogens with zero attached hydrogens (tertiary/aromatic N) is 1. The Bertz CT molecular complexity index is 1070. The van der Waals surface area contributed by atoms with Gasteiger partial charge < -0.3 is 10.5 Å². The molecule has 0 aliphatic rings. The van der Waals surface area contributed by atoms with Crippen LogP contribution in [0.3, 0.4) is 0 Å². The summed E-state index contributed by atoms with van der Waals surface area (Å²) in [4.78, 5) is 21.3. The van der Waals surface area contributed by atoms with Gasteiger partial charge in [0.05, 0.1) is 21.9 Å². The molecule has 0 fully saturated rings. The van der Waals surface area contributed by atoms with Gasteiger partial charge in [-0.05, 0) is 24.6 Å². The van der Waals surface area contributed by atoms with Crippen LogP contribution in [0.15, 0.2) is 47.4 Å². The number of carbonyl (C=O) groups is 1. The second kappa shape index (κ2) is 8.98. The Morgan fingerprint density at radius 3 is 2.64 bits per heavy atom. The molecule has 28 heavy (non-hydrogen) atoms. The second-order valence-corrected chi connectivity index (χ2v) is 7.27. The largest absolute Gasteiger partial charge is 0.480 e. The van der Waals surface area contributed by atoms with Crippen molar-refractivity contribution in [1.82, 2.24) is 4.72 Å². The Kier molecular flexibility index (Phi) is 6.70. The highest BCUT2D eigenvalue weighted by atomic mass is 32.2. The fourth-order valence-electron chi connectivity index (χ4n) is 2.22. The zero-order valence-corrected chi connectivity index (χ0v) is 15.7. The molecule has 9 nitrogen and oxygen atoms in total. The van der Waals surface area contributed by atoms with Gasteiger partial charge in [0, 0.05) is 12.1 Å². The van der Waals surface area contributed by atoms with Crippen LogP contribution in [0.25, 0.3) is 0 Å². The molecular weight excluding hydrogens is 386 g/mol. The Labute approximate surface area is 161 Å². The average molecular weight is 403 g/mol. The van der Waals surface area contributed by atoms with Gasteiger partial charge in [-0.15, -0.1) is 0 Å². The molecule has 3 N–H and O–H groups in total. The normalized spacial score (nSPS) is 10.6. The van der Waals surface area contributed by atoms with Crippen LogP contribution in [0.1, 0.15) is 15.9 Å². The quantitative estimate of drug-likeness (QED) is 0.406. The van der Waals surface area contributed by atoms with E-state index >= 15 is 0 Å². The monoisotopic (exact) mass is 403 g/mol. The predicted octanol–water partition coefficient (Wildman–Crippen LogP) is 1.36. The van der Waals surface area contributed by atoms with Gasteiger partial charge in [-0.2, -0.15) is 4.72 Å². The number of sulfonamides is 1. The highest BCUT2D eigenvalue weighted by molar-refractivity contribution is 7.89. The minimum atomic E-state index is -3.96. The van der Waals surface area contributed by atoms with E-state index in [0.29, 0.717) is 5.56 Å². The van der Waals surface area contributed by atoms with Gasteiger partial charge in [0.2, 0.25) is 10.0 Å². The van der Waals surface area contributed by atoms with E-state index in [-0.39, 0.29) is 35.0 Å². The lowest BCUT2D eigenvalue weighted by atomic mass is 10.2. The number of nitrogens with one attached hydrogen (secondary N) is 1. The first-order valence-corrected chi connectivity index (χ1v) is 9.43. The molecular formula is C18H17N3O6S. The van der Waals surface area contributed by atoms with Gasteiger partial charge in [0.1, 0.15) is 12.4 Å². The van der Waals surface area contributed by atoms with Crippen LogP contribution < -0.4 is 15.2 Å². The SMILES string of the molecule is Cc1ccc([N+](=O)[O-])cc1S(=O)(=O)NCC#CCOc1ccccc1C(N)=O. The van der Waals surface area contributed by atoms with Crippen molar-refractivity contribution in [3.05, 3.63) is 63.7 Å². The van der Waals surface area contributed by atoms with Crippen molar-refractivity contribution in [1.29, 1.82) is 0 Å². The summed E-state index contributed by atoms with van der Waals surface area (Å²) in [6, 6.07) is 9.98. The number of primary amides is 1. The number of para-hydroxylation sites is 1. The number of benzene rings is 2. The van der Waals surface area contributed by atoms with Crippen molar-refractivity contribution in [3.8, 4) is 17.6 Å². The third-order valence-electron chi connectivity index (χ3n) is 3.60. The number of nitrogens with two attached hydrogens (primary N) is 1. The van der Waals surface area contributed by atoms with E-state index < -0.39 is 20.9 Å². The van der Waals surface area contributed by atoms with E-state index in [1.807, 2.05) is 0 Å². The molecule has 0 aliphatic carbocycles. The van der Waals surface area contributed by atoms with Gasteiger partial charge in [-0.1, -0.05) is 30.0 Å². The lowest BCUT2D eigenvalue weighted by molar-refractivity contribution is -0.385. The van der Waals surface area contributed by atoms with Gasteiger partial charge in [0.25, 0.3) is 11.6 Å². The summed E-state index contributed by atoms with van der Waals surface area (Å²) < 4.78 is 32.2. The Hall–Kier alpha value is -3.42. The predicted molar refractivity (Wildman–Crippen MR) is 101 cm³/mol. The molecule has 2 aromatic rings. The van der Waals surface area contributed by atoms with Crippen LogP contribution in [-0.4, -0.2) is 32.4 Å². The third-order valence-corrected chi connectivity index (χ3v) is 5.14. The molecule has 0 radical (unpaired) electrons. The number of nitro groups is 1. The smallest absolute Gasteiger partial charge is 0.270 e. The molecule has 0 heterocycles. The standard InChI is InChI=1S/C18H17N3O6S/c1-13-8-9-14(21(23)24)12-17(13)28(25,26)20-10-4-5-11-27-16-7-3-2-6-15(16)18(19)22/h2-3,6-9,12,20H,10-11H2,1H3,(H2,19,22). The van der Waals surface area contributed by atoms with Crippen molar-refractivity contribution < 1.29 is 22.9 Å². The van der Waals surface area contributed by atoms with E-state index in [0.717, 1.165) is 6.07 Å². The molecule has 1 amide bonds. The number of hydrogen-bond donors (Lipinski definition) is 2. The maximum Gasteiger partial charge on any atom is 0.270 e. The molecule has 0 spiro atoms. The minimum absolute atomic E-state index is 0.0815.